The summed E-state index contributed by atoms with van der Waals surface area (Å²) in [5, 5.41) is 9.44. The van der Waals surface area contributed by atoms with Gasteiger partial charge in [0.1, 0.15) is 11.9 Å². The van der Waals surface area contributed by atoms with Gasteiger partial charge >= 0.3 is 5.97 Å². The molecule has 1 N–H and O–H groups in total. The number of rotatable bonds is 3. The van der Waals surface area contributed by atoms with E-state index < -0.39 is 27.4 Å². The number of fused-ring (bicyclic) bond motifs is 1. The summed E-state index contributed by atoms with van der Waals surface area (Å²) in [6.45, 7) is 4.57. The molecule has 0 saturated carbocycles. The fraction of sp³-hybridized carbons (Fsp3) is 0.714. The molecular formula is C14H21N3O4S. The van der Waals surface area contributed by atoms with Gasteiger partial charge < -0.3 is 9.67 Å². The number of nitrogens with zero attached hydrogens (tertiary/aromatic N) is 3. The number of sulfonamides is 1. The Morgan fingerprint density at radius 3 is 2.73 bits per heavy atom. The van der Waals surface area contributed by atoms with Crippen molar-refractivity contribution in [1.29, 1.82) is 0 Å². The number of carbonyl (C=O) groups is 1. The van der Waals surface area contributed by atoms with Gasteiger partial charge in [0.15, 0.2) is 5.03 Å². The molecule has 2 aliphatic rings. The normalized spacial score (nSPS) is 25.1. The molecule has 1 atom stereocenters. The molecule has 0 bridgehead atoms. The molecule has 1 saturated heterocycles. The topological polar surface area (TPSA) is 92.5 Å². The van der Waals surface area contributed by atoms with Gasteiger partial charge in [0.25, 0.3) is 10.0 Å². The fourth-order valence-electron chi connectivity index (χ4n) is 3.40. The van der Waals surface area contributed by atoms with Crippen LogP contribution >= 0.6 is 0 Å². The van der Waals surface area contributed by atoms with Crippen LogP contribution in [0.5, 0.6) is 0 Å². The lowest BCUT2D eigenvalue weighted by atomic mass is 9.85. The summed E-state index contributed by atoms with van der Waals surface area (Å²) in [6.07, 6.45) is 4.86. The molecule has 7 nitrogen and oxygen atoms in total. The Kier molecular flexibility index (Phi) is 3.56. The third-order valence-electron chi connectivity index (χ3n) is 4.70. The van der Waals surface area contributed by atoms with Crippen molar-refractivity contribution in [3.05, 3.63) is 12.0 Å². The largest absolute Gasteiger partial charge is 0.480 e. The number of hydrogen-bond acceptors (Lipinski definition) is 4. The van der Waals surface area contributed by atoms with Crippen molar-refractivity contribution in [2.45, 2.75) is 57.1 Å². The van der Waals surface area contributed by atoms with Crippen LogP contribution in [-0.4, -0.2) is 45.9 Å². The van der Waals surface area contributed by atoms with E-state index in [9.17, 15) is 18.3 Å². The first-order valence-corrected chi connectivity index (χ1v) is 8.98. The summed E-state index contributed by atoms with van der Waals surface area (Å²) in [5.74, 6) is -0.329. The van der Waals surface area contributed by atoms with E-state index >= 15 is 0 Å². The van der Waals surface area contributed by atoms with E-state index in [2.05, 4.69) is 4.98 Å². The van der Waals surface area contributed by atoms with E-state index in [1.807, 2.05) is 4.57 Å². The summed E-state index contributed by atoms with van der Waals surface area (Å²) in [4.78, 5) is 15.8. The van der Waals surface area contributed by atoms with Crippen LogP contribution in [-0.2, 0) is 27.8 Å². The molecule has 1 aromatic heterocycles. The molecule has 1 fully saturated rings. The molecule has 3 heterocycles. The second kappa shape index (κ2) is 5.06. The highest BCUT2D eigenvalue weighted by Gasteiger charge is 2.51. The first-order chi connectivity index (χ1) is 10.2. The van der Waals surface area contributed by atoms with Gasteiger partial charge in [-0.2, -0.15) is 4.31 Å². The maximum atomic E-state index is 12.8. The Bertz CT molecular complexity index is 684. The highest BCUT2D eigenvalue weighted by Crippen LogP contribution is 2.39. The molecular weight excluding hydrogens is 306 g/mol. The van der Waals surface area contributed by atoms with Crippen LogP contribution in [0.25, 0.3) is 0 Å². The minimum atomic E-state index is -3.88. The van der Waals surface area contributed by atoms with Crippen LogP contribution in [0, 0.1) is 5.41 Å². The highest BCUT2D eigenvalue weighted by atomic mass is 32.2. The Morgan fingerprint density at radius 2 is 2.09 bits per heavy atom. The molecule has 3 rings (SSSR count). The van der Waals surface area contributed by atoms with Crippen LogP contribution in [0.2, 0.25) is 0 Å². The zero-order valence-electron chi connectivity index (χ0n) is 12.8. The summed E-state index contributed by atoms with van der Waals surface area (Å²) >= 11 is 0. The summed E-state index contributed by atoms with van der Waals surface area (Å²) in [7, 11) is -3.88. The van der Waals surface area contributed by atoms with Crippen molar-refractivity contribution in [2.75, 3.05) is 6.54 Å². The number of aryl methyl sites for hydroxylation is 2. The highest BCUT2D eigenvalue weighted by molar-refractivity contribution is 7.89. The van der Waals surface area contributed by atoms with Gasteiger partial charge in [-0.15, -0.1) is 0 Å². The zero-order chi connectivity index (χ0) is 16.1. The van der Waals surface area contributed by atoms with Gasteiger partial charge in [-0.05, 0) is 24.7 Å². The molecule has 0 aliphatic carbocycles. The lowest BCUT2D eigenvalue weighted by Gasteiger charge is -2.27. The Hall–Kier alpha value is -1.41. The standard InChI is InChI=1S/C14H21N3O4S/c1-14(2)6-8-17(12(14)13(18)19)22(20,21)11-9-16-7-4-3-5-10(16)15-11/h9,12H,3-8H2,1-2H3,(H,18,19). The van der Waals surface area contributed by atoms with Crippen molar-refractivity contribution in [1.82, 2.24) is 13.9 Å². The molecule has 1 aromatic rings. The van der Waals surface area contributed by atoms with Gasteiger partial charge in [0.2, 0.25) is 0 Å². The molecule has 2 aliphatic heterocycles. The SMILES string of the molecule is CC1(C)CCN(S(=O)(=O)c2cn3c(n2)CCCC3)C1C(=O)O. The quantitative estimate of drug-likeness (QED) is 0.897. The van der Waals surface area contributed by atoms with Crippen LogP contribution in [0.4, 0.5) is 0 Å². The van der Waals surface area contributed by atoms with E-state index in [1.165, 1.54) is 0 Å². The second-order valence-electron chi connectivity index (χ2n) is 6.74. The van der Waals surface area contributed by atoms with Crippen LogP contribution in [0.1, 0.15) is 38.9 Å². The van der Waals surface area contributed by atoms with E-state index in [-0.39, 0.29) is 11.6 Å². The Labute approximate surface area is 130 Å². The lowest BCUT2D eigenvalue weighted by Crippen LogP contribution is -2.46. The minimum Gasteiger partial charge on any atom is -0.480 e. The van der Waals surface area contributed by atoms with Crippen molar-refractivity contribution >= 4 is 16.0 Å². The average Bonchev–Trinajstić information content (AvgIpc) is 2.99. The average molecular weight is 327 g/mol. The molecule has 0 amide bonds. The Morgan fingerprint density at radius 1 is 1.36 bits per heavy atom. The second-order valence-corrected chi connectivity index (χ2v) is 8.58. The maximum Gasteiger partial charge on any atom is 0.322 e. The molecule has 0 radical (unpaired) electrons. The molecule has 0 spiro atoms. The van der Waals surface area contributed by atoms with Gasteiger partial charge in [0, 0.05) is 25.7 Å². The van der Waals surface area contributed by atoms with Crippen molar-refractivity contribution in [3.63, 3.8) is 0 Å². The van der Waals surface area contributed by atoms with Crippen LogP contribution in [0.3, 0.4) is 0 Å². The third kappa shape index (κ3) is 2.34. The minimum absolute atomic E-state index is 0.0200. The van der Waals surface area contributed by atoms with Crippen molar-refractivity contribution in [3.8, 4) is 0 Å². The predicted molar refractivity (Wildman–Crippen MR) is 78.9 cm³/mol. The van der Waals surface area contributed by atoms with E-state index in [1.54, 1.807) is 20.0 Å². The number of imidazole rings is 1. The van der Waals surface area contributed by atoms with E-state index in [4.69, 9.17) is 0 Å². The molecule has 122 valence electrons. The predicted octanol–water partition coefficient (Wildman–Crippen LogP) is 1.09. The van der Waals surface area contributed by atoms with Gasteiger partial charge in [-0.1, -0.05) is 13.8 Å². The fourth-order valence-corrected chi connectivity index (χ4v) is 5.11. The summed E-state index contributed by atoms with van der Waals surface area (Å²) < 4.78 is 28.7. The van der Waals surface area contributed by atoms with Crippen LogP contribution in [0.15, 0.2) is 11.2 Å². The van der Waals surface area contributed by atoms with Crippen LogP contribution < -0.4 is 0 Å². The smallest absolute Gasteiger partial charge is 0.322 e. The number of hydrogen-bond donors (Lipinski definition) is 1. The van der Waals surface area contributed by atoms with Crippen molar-refractivity contribution in [2.24, 2.45) is 5.41 Å². The van der Waals surface area contributed by atoms with E-state index in [0.29, 0.717) is 6.42 Å². The first-order valence-electron chi connectivity index (χ1n) is 7.54. The monoisotopic (exact) mass is 327 g/mol. The van der Waals surface area contributed by atoms with Crippen molar-refractivity contribution < 1.29 is 18.3 Å². The lowest BCUT2D eigenvalue weighted by molar-refractivity contribution is -0.143. The molecule has 22 heavy (non-hydrogen) atoms. The summed E-state index contributed by atoms with van der Waals surface area (Å²) in [6, 6.07) is -1.05. The van der Waals surface area contributed by atoms with Gasteiger partial charge in [0.05, 0.1) is 0 Å². The van der Waals surface area contributed by atoms with Gasteiger partial charge in [-0.3, -0.25) is 4.79 Å². The van der Waals surface area contributed by atoms with E-state index in [0.717, 1.165) is 35.9 Å². The molecule has 0 aromatic carbocycles. The number of carboxylic acids is 1. The number of aliphatic carboxylic acids is 1. The summed E-state index contributed by atoms with van der Waals surface area (Å²) in [5.41, 5.74) is -0.585. The Balaban J connectivity index is 1.99. The number of carboxylic acid groups (broad SMARTS) is 1. The third-order valence-corrected chi connectivity index (χ3v) is 6.43. The maximum absolute atomic E-state index is 12.8. The molecule has 8 heteroatoms. The van der Waals surface area contributed by atoms with Gasteiger partial charge in [-0.25, -0.2) is 13.4 Å². The first kappa shape index (κ1) is 15.5. The number of aromatic nitrogens is 2. The molecule has 1 unspecified atom stereocenters. The zero-order valence-corrected chi connectivity index (χ0v) is 13.6.